The van der Waals surface area contributed by atoms with Crippen LogP contribution in [0.4, 0.5) is 11.8 Å². The van der Waals surface area contributed by atoms with Gasteiger partial charge in [0, 0.05) is 18.1 Å². The van der Waals surface area contributed by atoms with Crippen LogP contribution in [0.15, 0.2) is 54.7 Å². The number of anilines is 2. The number of benzene rings is 2. The van der Waals surface area contributed by atoms with Crippen LogP contribution < -0.4 is 15.4 Å². The molecule has 3 rings (SSSR count). The molecule has 1 aromatic heterocycles. The topological polar surface area (TPSA) is 72.0 Å². The summed E-state index contributed by atoms with van der Waals surface area (Å²) in [7, 11) is 1.67. The van der Waals surface area contributed by atoms with Crippen molar-refractivity contribution in [1.29, 1.82) is 0 Å². The van der Waals surface area contributed by atoms with E-state index in [0.29, 0.717) is 11.8 Å². The number of hydrogen-bond donors (Lipinski definition) is 2. The standard InChI is InChI=1S/C20H22ClN5O/c1-27-18-8-4-16(5-9-18)10-12-22-19-14-24-26-20(25-19)23-13-11-15-2-6-17(21)7-3-15/h2-9,14H,10-13H2,1H3,(H2,22,23,25,26). The first-order valence-corrected chi connectivity index (χ1v) is 9.15. The maximum Gasteiger partial charge on any atom is 0.244 e. The third-order valence-electron chi connectivity index (χ3n) is 4.05. The van der Waals surface area contributed by atoms with Crippen molar-refractivity contribution >= 4 is 23.4 Å². The van der Waals surface area contributed by atoms with Gasteiger partial charge in [-0.05, 0) is 48.2 Å². The van der Waals surface area contributed by atoms with E-state index in [1.165, 1.54) is 11.1 Å². The zero-order chi connectivity index (χ0) is 18.9. The Kier molecular flexibility index (Phi) is 6.82. The fraction of sp³-hybridized carbons (Fsp3) is 0.250. The largest absolute Gasteiger partial charge is 0.497 e. The molecule has 7 heteroatoms. The summed E-state index contributed by atoms with van der Waals surface area (Å²) in [6.07, 6.45) is 3.36. The number of halogens is 1. The number of ether oxygens (including phenoxy) is 1. The lowest BCUT2D eigenvalue weighted by Crippen LogP contribution is -2.12. The van der Waals surface area contributed by atoms with E-state index in [-0.39, 0.29) is 0 Å². The van der Waals surface area contributed by atoms with Gasteiger partial charge < -0.3 is 15.4 Å². The van der Waals surface area contributed by atoms with Crippen LogP contribution in [0.1, 0.15) is 11.1 Å². The van der Waals surface area contributed by atoms with E-state index in [0.717, 1.165) is 36.7 Å². The van der Waals surface area contributed by atoms with Gasteiger partial charge in [-0.3, -0.25) is 0 Å². The summed E-state index contributed by atoms with van der Waals surface area (Å²) < 4.78 is 5.17. The molecule has 0 saturated carbocycles. The quantitative estimate of drug-likeness (QED) is 0.585. The van der Waals surface area contributed by atoms with E-state index in [9.17, 15) is 0 Å². The van der Waals surface area contributed by atoms with Crippen LogP contribution in [0, 0.1) is 0 Å². The number of nitrogens with one attached hydrogen (secondary N) is 2. The van der Waals surface area contributed by atoms with E-state index in [4.69, 9.17) is 16.3 Å². The molecule has 0 saturated heterocycles. The van der Waals surface area contributed by atoms with Gasteiger partial charge in [-0.15, -0.1) is 5.10 Å². The molecule has 0 aliphatic heterocycles. The first-order chi connectivity index (χ1) is 13.2. The van der Waals surface area contributed by atoms with Crippen molar-refractivity contribution in [2.24, 2.45) is 0 Å². The Morgan fingerprint density at radius 1 is 0.889 bits per heavy atom. The second-order valence-corrected chi connectivity index (χ2v) is 6.43. The highest BCUT2D eigenvalue weighted by molar-refractivity contribution is 6.30. The van der Waals surface area contributed by atoms with Gasteiger partial charge in [0.2, 0.25) is 5.95 Å². The first kappa shape index (κ1) is 18.9. The third kappa shape index (κ3) is 6.11. The van der Waals surface area contributed by atoms with Gasteiger partial charge in [-0.2, -0.15) is 10.1 Å². The molecule has 0 fully saturated rings. The number of hydrogen-bond acceptors (Lipinski definition) is 6. The van der Waals surface area contributed by atoms with Gasteiger partial charge >= 0.3 is 0 Å². The molecule has 140 valence electrons. The van der Waals surface area contributed by atoms with Crippen LogP contribution in [0.2, 0.25) is 5.02 Å². The van der Waals surface area contributed by atoms with Crippen molar-refractivity contribution in [3.05, 3.63) is 70.9 Å². The van der Waals surface area contributed by atoms with Gasteiger partial charge in [0.25, 0.3) is 0 Å². The monoisotopic (exact) mass is 383 g/mol. The van der Waals surface area contributed by atoms with Gasteiger partial charge in [0.05, 0.1) is 13.3 Å². The molecular formula is C20H22ClN5O. The van der Waals surface area contributed by atoms with Crippen molar-refractivity contribution in [3.63, 3.8) is 0 Å². The molecule has 0 atom stereocenters. The SMILES string of the molecule is COc1ccc(CCNc2cnnc(NCCc3ccc(Cl)cc3)n2)cc1. The highest BCUT2D eigenvalue weighted by Crippen LogP contribution is 2.12. The minimum Gasteiger partial charge on any atom is -0.497 e. The molecule has 6 nitrogen and oxygen atoms in total. The molecule has 0 aliphatic rings. The highest BCUT2D eigenvalue weighted by Gasteiger charge is 2.01. The zero-order valence-corrected chi connectivity index (χ0v) is 15.9. The average Bonchev–Trinajstić information content (AvgIpc) is 2.70. The summed E-state index contributed by atoms with van der Waals surface area (Å²) in [6, 6.07) is 15.9. The van der Waals surface area contributed by atoms with E-state index in [1.807, 2.05) is 36.4 Å². The van der Waals surface area contributed by atoms with Crippen LogP contribution in [0.25, 0.3) is 0 Å². The molecule has 0 amide bonds. The maximum atomic E-state index is 5.90. The number of aromatic nitrogens is 3. The van der Waals surface area contributed by atoms with Crippen molar-refractivity contribution in [2.45, 2.75) is 12.8 Å². The van der Waals surface area contributed by atoms with Crippen molar-refractivity contribution in [2.75, 3.05) is 30.8 Å². The Balaban J connectivity index is 1.44. The van der Waals surface area contributed by atoms with Gasteiger partial charge in [-0.1, -0.05) is 35.9 Å². The molecule has 0 radical (unpaired) electrons. The predicted molar refractivity (Wildman–Crippen MR) is 109 cm³/mol. The zero-order valence-electron chi connectivity index (χ0n) is 15.2. The van der Waals surface area contributed by atoms with Crippen molar-refractivity contribution < 1.29 is 4.74 Å². The highest BCUT2D eigenvalue weighted by atomic mass is 35.5. The molecular weight excluding hydrogens is 362 g/mol. The summed E-state index contributed by atoms with van der Waals surface area (Å²) in [5.41, 5.74) is 2.43. The summed E-state index contributed by atoms with van der Waals surface area (Å²) in [6.45, 7) is 1.48. The second-order valence-electron chi connectivity index (χ2n) is 5.99. The van der Waals surface area contributed by atoms with E-state index < -0.39 is 0 Å². The third-order valence-corrected chi connectivity index (χ3v) is 4.30. The Bertz CT molecular complexity index is 840. The molecule has 0 aliphatic carbocycles. The molecule has 2 N–H and O–H groups in total. The minimum absolute atomic E-state index is 0.512. The predicted octanol–water partition coefficient (Wildman–Crippen LogP) is 3.84. The number of nitrogens with zero attached hydrogens (tertiary/aromatic N) is 3. The molecule has 2 aromatic carbocycles. The van der Waals surface area contributed by atoms with Crippen LogP contribution in [0.3, 0.4) is 0 Å². The van der Waals surface area contributed by atoms with Gasteiger partial charge in [-0.25, -0.2) is 0 Å². The summed E-state index contributed by atoms with van der Waals surface area (Å²) in [5.74, 6) is 2.08. The van der Waals surface area contributed by atoms with Crippen molar-refractivity contribution in [3.8, 4) is 5.75 Å². The number of rotatable bonds is 9. The summed E-state index contributed by atoms with van der Waals surface area (Å²) in [5, 5.41) is 15.2. The normalized spacial score (nSPS) is 10.4. The first-order valence-electron chi connectivity index (χ1n) is 8.78. The fourth-order valence-electron chi connectivity index (χ4n) is 2.56. The lowest BCUT2D eigenvalue weighted by Gasteiger charge is -2.08. The molecule has 0 unspecified atom stereocenters. The Labute approximate surface area is 164 Å². The fourth-order valence-corrected chi connectivity index (χ4v) is 2.69. The summed E-state index contributed by atoms with van der Waals surface area (Å²) in [4.78, 5) is 4.44. The van der Waals surface area contributed by atoms with Crippen LogP contribution in [-0.4, -0.2) is 35.4 Å². The molecule has 3 aromatic rings. The molecule has 0 bridgehead atoms. The Hall–Kier alpha value is -2.86. The Morgan fingerprint density at radius 2 is 1.52 bits per heavy atom. The lowest BCUT2D eigenvalue weighted by molar-refractivity contribution is 0.414. The smallest absolute Gasteiger partial charge is 0.244 e. The minimum atomic E-state index is 0.512. The van der Waals surface area contributed by atoms with Crippen LogP contribution >= 0.6 is 11.6 Å². The Morgan fingerprint density at radius 3 is 2.19 bits per heavy atom. The average molecular weight is 384 g/mol. The number of methoxy groups -OCH3 is 1. The van der Waals surface area contributed by atoms with E-state index in [1.54, 1.807) is 13.3 Å². The second kappa shape index (κ2) is 9.73. The van der Waals surface area contributed by atoms with E-state index in [2.05, 4.69) is 37.9 Å². The lowest BCUT2D eigenvalue weighted by atomic mass is 10.1. The summed E-state index contributed by atoms with van der Waals surface area (Å²) >= 11 is 5.90. The molecule has 0 spiro atoms. The molecule has 27 heavy (non-hydrogen) atoms. The van der Waals surface area contributed by atoms with Gasteiger partial charge in [0.15, 0.2) is 5.82 Å². The van der Waals surface area contributed by atoms with Gasteiger partial charge in [0.1, 0.15) is 5.75 Å². The maximum absolute atomic E-state index is 5.90. The molecule has 1 heterocycles. The van der Waals surface area contributed by atoms with Crippen molar-refractivity contribution in [1.82, 2.24) is 15.2 Å². The van der Waals surface area contributed by atoms with Crippen LogP contribution in [-0.2, 0) is 12.8 Å². The van der Waals surface area contributed by atoms with E-state index >= 15 is 0 Å². The van der Waals surface area contributed by atoms with Crippen LogP contribution in [0.5, 0.6) is 5.75 Å².